The smallest absolute Gasteiger partial charge is 1.00 e. The van der Waals surface area contributed by atoms with Crippen LogP contribution in [0.25, 0.3) is 0 Å². The standard InChI is InChI=1S/C8H13O4.C6H5.CHCl3.2HI.Sn/c1-4-5(9)6-7(10-4)12-8(2,3)11-6;1-2-4-6-5-3-1;2-1(3)4;;;/h4-7,9H,1H2,2-3H3;1-5H;1H;2*1H;/q2*-1;;;;+4/p-2/t4-,5+,6-,7-;;;;;/m0...../s1. The minimum absolute atomic E-state index is 0. The Bertz CT molecular complexity index is 403. The molecular weight excluding hydrogens is 723 g/mol. The fraction of sp³-hybridized carbons (Fsp3) is 0.533. The summed E-state index contributed by atoms with van der Waals surface area (Å²) in [6.45, 7) is 7.20. The van der Waals surface area contributed by atoms with Crippen molar-refractivity contribution < 1.29 is 67.3 Å². The minimum atomic E-state index is -0.750. The quantitative estimate of drug-likeness (QED) is 0.135. The minimum Gasteiger partial charge on any atom is -1.00 e. The number of hydrogen-bond acceptors (Lipinski definition) is 4. The van der Waals surface area contributed by atoms with E-state index in [1.54, 1.807) is 13.8 Å². The first kappa shape index (κ1) is 31.9. The van der Waals surface area contributed by atoms with Gasteiger partial charge in [0.25, 0.3) is 0 Å². The van der Waals surface area contributed by atoms with Crippen LogP contribution in [0.2, 0.25) is 0 Å². The van der Waals surface area contributed by atoms with E-state index >= 15 is 0 Å². The third-order valence-corrected chi connectivity index (χ3v) is 2.72. The van der Waals surface area contributed by atoms with E-state index in [0.717, 1.165) is 0 Å². The SMILES string of the molecule is ClC(Cl)Cl.[CH2-][C@@H]1O[C@H]2OC(C)(C)O[C@H]2[C@@H]1O.[I-].[I-].[Sn+4].[c-]1ccccc1. The van der Waals surface area contributed by atoms with Gasteiger partial charge in [-0.3, -0.25) is 0 Å². The van der Waals surface area contributed by atoms with Gasteiger partial charge >= 0.3 is 23.9 Å². The third-order valence-electron chi connectivity index (χ3n) is 2.72. The Morgan fingerprint density at radius 3 is 1.88 bits per heavy atom. The van der Waals surface area contributed by atoms with E-state index in [0.29, 0.717) is 0 Å². The number of fused-ring (bicyclic) bond motifs is 1. The maximum atomic E-state index is 9.51. The Morgan fingerprint density at radius 1 is 1.08 bits per heavy atom. The third kappa shape index (κ3) is 13.1. The number of ether oxygens (including phenoxy) is 3. The van der Waals surface area contributed by atoms with Crippen LogP contribution in [0, 0.1) is 13.0 Å². The van der Waals surface area contributed by atoms with E-state index in [4.69, 9.17) is 49.0 Å². The summed E-state index contributed by atoms with van der Waals surface area (Å²) in [6.07, 6.45) is -1.98. The Balaban J connectivity index is -0.000000321. The van der Waals surface area contributed by atoms with Crippen molar-refractivity contribution in [1.82, 2.24) is 0 Å². The van der Waals surface area contributed by atoms with Crippen molar-refractivity contribution in [2.75, 3.05) is 0 Å². The second kappa shape index (κ2) is 16.0. The summed E-state index contributed by atoms with van der Waals surface area (Å²) in [7, 11) is 0. The van der Waals surface area contributed by atoms with Gasteiger partial charge in [0.2, 0.25) is 0 Å². The second-order valence-electron chi connectivity index (χ2n) is 4.96. The van der Waals surface area contributed by atoms with Gasteiger partial charge in [-0.15, -0.1) is 0 Å². The van der Waals surface area contributed by atoms with E-state index in [1.165, 1.54) is 0 Å². The molecule has 4 atom stereocenters. The van der Waals surface area contributed by atoms with Gasteiger partial charge in [-0.25, -0.2) is 0 Å². The molecule has 1 aromatic rings. The molecule has 2 aliphatic rings. The normalized spacial score (nSPS) is 27.8. The zero-order valence-corrected chi connectivity index (χ0v) is 23.0. The number of aliphatic hydroxyl groups excluding tert-OH is 1. The second-order valence-corrected chi connectivity index (χ2v) is 6.94. The van der Waals surface area contributed by atoms with Crippen molar-refractivity contribution in [2.24, 2.45) is 0 Å². The first-order valence-electron chi connectivity index (χ1n) is 6.58. The van der Waals surface area contributed by atoms with Gasteiger partial charge in [0.1, 0.15) is 6.10 Å². The van der Waals surface area contributed by atoms with Crippen molar-refractivity contribution in [3.63, 3.8) is 0 Å². The summed E-state index contributed by atoms with van der Waals surface area (Å²) in [6, 6.07) is 12.5. The number of hydrogen-bond donors (Lipinski definition) is 1. The van der Waals surface area contributed by atoms with Crippen molar-refractivity contribution in [1.29, 1.82) is 0 Å². The van der Waals surface area contributed by atoms with Crippen LogP contribution in [0.3, 0.4) is 0 Å². The molecule has 2 fully saturated rings. The molecule has 142 valence electrons. The van der Waals surface area contributed by atoms with Crippen molar-refractivity contribution >= 4 is 58.7 Å². The predicted octanol–water partition coefficient (Wildman–Crippen LogP) is -2.84. The van der Waals surface area contributed by atoms with Gasteiger partial charge in [-0.2, -0.15) is 36.4 Å². The van der Waals surface area contributed by atoms with E-state index < -0.39 is 28.6 Å². The monoisotopic (exact) mass is 742 g/mol. The molecule has 1 N–H and O–H groups in total. The van der Waals surface area contributed by atoms with Gasteiger partial charge in [-0.05, 0) is 20.0 Å². The van der Waals surface area contributed by atoms with E-state index in [2.05, 4.69) is 13.0 Å². The Hall–Kier alpha value is 2.19. The molecule has 25 heavy (non-hydrogen) atoms. The number of alkyl halides is 3. The van der Waals surface area contributed by atoms with Crippen LogP contribution >= 0.6 is 34.8 Å². The molecule has 0 bridgehead atoms. The summed E-state index contributed by atoms with van der Waals surface area (Å²) >= 11 is 14.4. The number of benzene rings is 1. The molecule has 4 nitrogen and oxygen atoms in total. The van der Waals surface area contributed by atoms with E-state index in [-0.39, 0.29) is 78.0 Å². The maximum Gasteiger partial charge on any atom is 4.00 e. The van der Waals surface area contributed by atoms with Crippen LogP contribution < -0.4 is 48.0 Å². The molecule has 0 radical (unpaired) electrons. The van der Waals surface area contributed by atoms with Crippen LogP contribution in [0.1, 0.15) is 13.8 Å². The summed E-state index contributed by atoms with van der Waals surface area (Å²) in [5.41, 5.74) is 0. The molecular formula is C15H19Cl3I2O4Sn. The summed E-state index contributed by atoms with van der Waals surface area (Å²) in [4.78, 5) is 0. The summed E-state index contributed by atoms with van der Waals surface area (Å²) < 4.78 is 15.3. The molecule has 0 amide bonds. The van der Waals surface area contributed by atoms with Gasteiger partial charge in [0.15, 0.2) is 16.4 Å². The predicted molar refractivity (Wildman–Crippen MR) is 92.4 cm³/mol. The number of rotatable bonds is 0. The van der Waals surface area contributed by atoms with E-state index in [9.17, 15) is 5.11 Å². The summed E-state index contributed by atoms with van der Waals surface area (Å²) in [5, 5.41) is 9.51. The summed E-state index contributed by atoms with van der Waals surface area (Å²) in [5.74, 6) is -0.656. The van der Waals surface area contributed by atoms with Gasteiger partial charge in [0.05, 0.1) is 6.10 Å². The first-order chi connectivity index (χ1) is 10.2. The molecule has 2 aliphatic heterocycles. The van der Waals surface area contributed by atoms with Crippen LogP contribution in [0.4, 0.5) is 0 Å². The van der Waals surface area contributed by atoms with Crippen LogP contribution in [-0.4, -0.2) is 63.7 Å². The van der Waals surface area contributed by atoms with Crippen LogP contribution in [0.5, 0.6) is 0 Å². The number of halogens is 5. The van der Waals surface area contributed by atoms with Crippen LogP contribution in [0.15, 0.2) is 30.3 Å². The molecule has 10 heteroatoms. The fourth-order valence-corrected chi connectivity index (χ4v) is 1.90. The molecule has 0 saturated carbocycles. The van der Waals surface area contributed by atoms with E-state index in [1.807, 2.05) is 30.3 Å². The van der Waals surface area contributed by atoms with Gasteiger partial charge in [0, 0.05) is 0 Å². The average Bonchev–Trinajstić information content (AvgIpc) is 2.86. The molecule has 2 heterocycles. The maximum absolute atomic E-state index is 9.51. The molecule has 1 aromatic carbocycles. The zero-order chi connectivity index (χ0) is 16.8. The van der Waals surface area contributed by atoms with Crippen molar-refractivity contribution in [2.45, 2.75) is 48.5 Å². The first-order valence-corrected chi connectivity index (χ1v) is 7.89. The van der Waals surface area contributed by atoms with Crippen molar-refractivity contribution in [3.05, 3.63) is 43.3 Å². The van der Waals surface area contributed by atoms with Crippen molar-refractivity contribution in [3.8, 4) is 0 Å². The topological polar surface area (TPSA) is 47.9 Å². The molecule has 2 saturated heterocycles. The Labute approximate surface area is 215 Å². The van der Waals surface area contributed by atoms with Crippen LogP contribution in [-0.2, 0) is 14.2 Å². The molecule has 3 rings (SSSR count). The molecule has 0 aliphatic carbocycles. The average molecular weight is 742 g/mol. The largest absolute Gasteiger partial charge is 4.00 e. The van der Waals surface area contributed by atoms with Gasteiger partial charge in [-0.1, -0.05) is 34.8 Å². The Morgan fingerprint density at radius 2 is 1.56 bits per heavy atom. The Kier molecular flexibility index (Phi) is 20.4. The number of aliphatic hydroxyl groups is 1. The zero-order valence-electron chi connectivity index (χ0n) is 13.5. The van der Waals surface area contributed by atoms with Gasteiger partial charge < -0.3 is 74.2 Å². The molecule has 0 aromatic heterocycles. The fourth-order valence-electron chi connectivity index (χ4n) is 1.90. The molecule has 0 unspecified atom stereocenters. The molecule has 0 spiro atoms.